The molecule has 4 heteroatoms. The normalized spacial score (nSPS) is 10.1. The summed E-state index contributed by atoms with van der Waals surface area (Å²) in [5.74, 6) is 0. The van der Waals surface area contributed by atoms with Crippen molar-refractivity contribution in [2.45, 2.75) is 20.8 Å². The standard InChI is InChI=1S/C13H20N2OS/c1-9-7-10(2)12(11(3)8-9)15-13(17)14-5-6-16-4/h7-8H,5-6H2,1-4H3,(H2,14,15,17). The van der Waals surface area contributed by atoms with E-state index >= 15 is 0 Å². The van der Waals surface area contributed by atoms with Crippen LogP contribution in [0.25, 0.3) is 0 Å². The minimum Gasteiger partial charge on any atom is -0.383 e. The highest BCUT2D eigenvalue weighted by atomic mass is 32.1. The van der Waals surface area contributed by atoms with Gasteiger partial charge in [0.05, 0.1) is 6.61 Å². The topological polar surface area (TPSA) is 33.3 Å². The predicted molar refractivity (Wildman–Crippen MR) is 76.8 cm³/mol. The fourth-order valence-corrected chi connectivity index (χ4v) is 2.01. The highest BCUT2D eigenvalue weighted by Crippen LogP contribution is 2.21. The van der Waals surface area contributed by atoms with E-state index in [-0.39, 0.29) is 0 Å². The van der Waals surface area contributed by atoms with Crippen molar-refractivity contribution in [3.05, 3.63) is 28.8 Å². The summed E-state index contributed by atoms with van der Waals surface area (Å²) in [4.78, 5) is 0. The molecule has 0 atom stereocenters. The maximum absolute atomic E-state index is 5.22. The Labute approximate surface area is 109 Å². The Morgan fingerprint density at radius 1 is 1.24 bits per heavy atom. The van der Waals surface area contributed by atoms with E-state index < -0.39 is 0 Å². The molecule has 3 nitrogen and oxygen atoms in total. The van der Waals surface area contributed by atoms with Gasteiger partial charge in [-0.05, 0) is 44.1 Å². The summed E-state index contributed by atoms with van der Waals surface area (Å²) in [6, 6.07) is 4.29. The van der Waals surface area contributed by atoms with E-state index in [4.69, 9.17) is 17.0 Å². The Kier molecular flexibility index (Phi) is 5.38. The zero-order valence-corrected chi connectivity index (χ0v) is 11.7. The van der Waals surface area contributed by atoms with Crippen molar-refractivity contribution in [1.29, 1.82) is 0 Å². The van der Waals surface area contributed by atoms with Crippen molar-refractivity contribution in [2.75, 3.05) is 25.6 Å². The van der Waals surface area contributed by atoms with E-state index in [1.807, 2.05) is 0 Å². The molecule has 0 amide bonds. The molecular weight excluding hydrogens is 232 g/mol. The molecule has 1 aromatic carbocycles. The van der Waals surface area contributed by atoms with Crippen LogP contribution in [0.2, 0.25) is 0 Å². The summed E-state index contributed by atoms with van der Waals surface area (Å²) in [6.45, 7) is 7.62. The fourth-order valence-electron chi connectivity index (χ4n) is 1.80. The van der Waals surface area contributed by atoms with Gasteiger partial charge in [-0.1, -0.05) is 17.7 Å². The number of anilines is 1. The van der Waals surface area contributed by atoms with E-state index in [0.717, 1.165) is 5.69 Å². The highest BCUT2D eigenvalue weighted by Gasteiger charge is 2.05. The van der Waals surface area contributed by atoms with Crippen LogP contribution >= 0.6 is 12.2 Å². The first kappa shape index (κ1) is 13.9. The molecule has 0 aliphatic heterocycles. The smallest absolute Gasteiger partial charge is 0.170 e. The second kappa shape index (κ2) is 6.57. The Morgan fingerprint density at radius 3 is 2.35 bits per heavy atom. The molecule has 0 bridgehead atoms. The summed E-state index contributed by atoms with van der Waals surface area (Å²) in [6.07, 6.45) is 0. The first-order valence-corrected chi connectivity index (χ1v) is 6.07. The summed E-state index contributed by atoms with van der Waals surface area (Å²) < 4.78 is 4.96. The number of thiocarbonyl (C=S) groups is 1. The number of aryl methyl sites for hydroxylation is 3. The Hall–Kier alpha value is -1.13. The van der Waals surface area contributed by atoms with Crippen molar-refractivity contribution < 1.29 is 4.74 Å². The SMILES string of the molecule is COCCNC(=S)Nc1c(C)cc(C)cc1C. The quantitative estimate of drug-likeness (QED) is 0.637. The van der Waals surface area contributed by atoms with Gasteiger partial charge in [-0.25, -0.2) is 0 Å². The van der Waals surface area contributed by atoms with Crippen LogP contribution in [0.4, 0.5) is 5.69 Å². The van der Waals surface area contributed by atoms with Crippen molar-refractivity contribution in [3.8, 4) is 0 Å². The first-order valence-electron chi connectivity index (χ1n) is 5.66. The molecule has 0 aromatic heterocycles. The highest BCUT2D eigenvalue weighted by molar-refractivity contribution is 7.80. The molecule has 0 aliphatic rings. The Balaban J connectivity index is 2.65. The van der Waals surface area contributed by atoms with Crippen LogP contribution in [-0.4, -0.2) is 25.4 Å². The van der Waals surface area contributed by atoms with Crippen molar-refractivity contribution in [3.63, 3.8) is 0 Å². The third kappa shape index (κ3) is 4.32. The lowest BCUT2D eigenvalue weighted by atomic mass is 10.1. The summed E-state index contributed by atoms with van der Waals surface area (Å²) in [5, 5.41) is 6.96. The van der Waals surface area contributed by atoms with E-state index in [1.165, 1.54) is 16.7 Å². The van der Waals surface area contributed by atoms with Crippen LogP contribution in [0.15, 0.2) is 12.1 Å². The molecule has 0 aliphatic carbocycles. The maximum atomic E-state index is 5.22. The van der Waals surface area contributed by atoms with E-state index in [9.17, 15) is 0 Å². The zero-order valence-electron chi connectivity index (χ0n) is 10.9. The van der Waals surface area contributed by atoms with Crippen molar-refractivity contribution in [1.82, 2.24) is 5.32 Å². The predicted octanol–water partition coefficient (Wildman–Crippen LogP) is 2.54. The molecule has 17 heavy (non-hydrogen) atoms. The second-order valence-electron chi connectivity index (χ2n) is 4.15. The first-order chi connectivity index (χ1) is 8.04. The largest absolute Gasteiger partial charge is 0.383 e. The van der Waals surface area contributed by atoms with E-state index in [0.29, 0.717) is 18.3 Å². The minimum absolute atomic E-state index is 0.636. The van der Waals surface area contributed by atoms with Crippen LogP contribution in [-0.2, 0) is 4.74 Å². The molecule has 0 heterocycles. The monoisotopic (exact) mass is 252 g/mol. The van der Waals surface area contributed by atoms with Gasteiger partial charge in [0.25, 0.3) is 0 Å². The molecule has 0 radical (unpaired) electrons. The van der Waals surface area contributed by atoms with Gasteiger partial charge in [0, 0.05) is 19.3 Å². The van der Waals surface area contributed by atoms with E-state index in [2.05, 4.69) is 43.5 Å². The van der Waals surface area contributed by atoms with Crippen LogP contribution in [0.1, 0.15) is 16.7 Å². The van der Waals surface area contributed by atoms with Crippen LogP contribution in [0, 0.1) is 20.8 Å². The number of nitrogens with one attached hydrogen (secondary N) is 2. The van der Waals surface area contributed by atoms with Crippen LogP contribution in [0.3, 0.4) is 0 Å². The van der Waals surface area contributed by atoms with Gasteiger partial charge in [0.2, 0.25) is 0 Å². The maximum Gasteiger partial charge on any atom is 0.170 e. The van der Waals surface area contributed by atoms with Gasteiger partial charge in [-0.2, -0.15) is 0 Å². The molecule has 0 unspecified atom stereocenters. The number of rotatable bonds is 4. The summed E-state index contributed by atoms with van der Waals surface area (Å²) in [5.41, 5.74) is 4.77. The fraction of sp³-hybridized carbons (Fsp3) is 0.462. The molecular formula is C13H20N2OS. The molecule has 0 saturated carbocycles. The van der Waals surface area contributed by atoms with Gasteiger partial charge in [0.1, 0.15) is 0 Å². The Bertz CT molecular complexity index is 381. The number of hydrogen-bond donors (Lipinski definition) is 2. The average Bonchev–Trinajstić information content (AvgIpc) is 2.24. The van der Waals surface area contributed by atoms with E-state index in [1.54, 1.807) is 7.11 Å². The average molecular weight is 252 g/mol. The van der Waals surface area contributed by atoms with Crippen LogP contribution < -0.4 is 10.6 Å². The Morgan fingerprint density at radius 2 is 1.82 bits per heavy atom. The minimum atomic E-state index is 0.636. The van der Waals surface area contributed by atoms with Gasteiger partial charge < -0.3 is 15.4 Å². The van der Waals surface area contributed by atoms with Crippen molar-refractivity contribution >= 4 is 23.0 Å². The number of hydrogen-bond acceptors (Lipinski definition) is 2. The molecule has 0 spiro atoms. The number of ether oxygens (including phenoxy) is 1. The lowest BCUT2D eigenvalue weighted by molar-refractivity contribution is 0.204. The molecule has 2 N–H and O–H groups in total. The summed E-state index contributed by atoms with van der Waals surface area (Å²) in [7, 11) is 1.67. The van der Waals surface area contributed by atoms with Crippen molar-refractivity contribution in [2.24, 2.45) is 0 Å². The van der Waals surface area contributed by atoms with Gasteiger partial charge in [-0.15, -0.1) is 0 Å². The van der Waals surface area contributed by atoms with Gasteiger partial charge in [0.15, 0.2) is 5.11 Å². The molecule has 0 saturated heterocycles. The van der Waals surface area contributed by atoms with Gasteiger partial charge in [-0.3, -0.25) is 0 Å². The summed E-state index contributed by atoms with van der Waals surface area (Å²) >= 11 is 5.22. The molecule has 0 fully saturated rings. The molecule has 94 valence electrons. The lowest BCUT2D eigenvalue weighted by Crippen LogP contribution is -2.31. The van der Waals surface area contributed by atoms with Crippen LogP contribution in [0.5, 0.6) is 0 Å². The van der Waals surface area contributed by atoms with Gasteiger partial charge >= 0.3 is 0 Å². The second-order valence-corrected chi connectivity index (χ2v) is 4.56. The molecule has 1 rings (SSSR count). The molecule has 1 aromatic rings. The number of benzene rings is 1. The third-order valence-corrected chi connectivity index (χ3v) is 2.75. The lowest BCUT2D eigenvalue weighted by Gasteiger charge is -2.15. The third-order valence-electron chi connectivity index (χ3n) is 2.51. The number of methoxy groups -OCH3 is 1. The zero-order chi connectivity index (χ0) is 12.8.